The number of thiophene rings is 1. The van der Waals surface area contributed by atoms with Crippen molar-refractivity contribution < 1.29 is 13.2 Å². The molecule has 0 saturated heterocycles. The molecule has 5 heteroatoms. The van der Waals surface area contributed by atoms with Crippen LogP contribution in [0.15, 0.2) is 24.3 Å². The molecule has 0 unspecified atom stereocenters. The summed E-state index contributed by atoms with van der Waals surface area (Å²) < 4.78 is 38.7. The molecule has 2 aromatic rings. The van der Waals surface area contributed by atoms with Gasteiger partial charge in [-0.05, 0) is 18.6 Å². The highest BCUT2D eigenvalue weighted by molar-refractivity contribution is 7.12. The number of hydrogen-bond acceptors (Lipinski definition) is 2. The first-order chi connectivity index (χ1) is 8.60. The van der Waals surface area contributed by atoms with E-state index in [1.54, 1.807) is 11.3 Å². The van der Waals surface area contributed by atoms with E-state index in [1.165, 1.54) is 4.88 Å². The van der Waals surface area contributed by atoms with E-state index in [0.717, 1.165) is 23.4 Å². The van der Waals surface area contributed by atoms with E-state index in [0.29, 0.717) is 6.54 Å². The smallest absolute Gasteiger partial charge is 0.194 e. The fourth-order valence-electron chi connectivity index (χ4n) is 1.55. The molecule has 1 heterocycles. The molecule has 0 aliphatic carbocycles. The predicted octanol–water partition coefficient (Wildman–Crippen LogP) is 4.34. The van der Waals surface area contributed by atoms with E-state index >= 15 is 0 Å². The van der Waals surface area contributed by atoms with Gasteiger partial charge in [0.05, 0.1) is 0 Å². The molecule has 1 nitrogen and oxygen atoms in total. The fraction of sp³-hybridized carbons (Fsp3) is 0.231. The Bertz CT molecular complexity index is 528. The fourth-order valence-corrected chi connectivity index (χ4v) is 2.45. The van der Waals surface area contributed by atoms with E-state index < -0.39 is 17.5 Å². The molecule has 1 N–H and O–H groups in total. The van der Waals surface area contributed by atoms with Gasteiger partial charge >= 0.3 is 0 Å². The standard InChI is InChI=1S/C13H12F3NS/c1-2-9-3-4-10(18-9)7-17-8-5-11(14)13(16)12(15)6-8/h3-6,17H,2,7H2,1H3. The highest BCUT2D eigenvalue weighted by atomic mass is 32.1. The van der Waals surface area contributed by atoms with Gasteiger partial charge in [0.2, 0.25) is 0 Å². The van der Waals surface area contributed by atoms with Gasteiger partial charge in [-0.25, -0.2) is 13.2 Å². The van der Waals surface area contributed by atoms with Gasteiger partial charge in [0, 0.05) is 34.1 Å². The normalized spacial score (nSPS) is 10.7. The second-order valence-corrected chi connectivity index (χ2v) is 5.08. The first kappa shape index (κ1) is 13.0. The van der Waals surface area contributed by atoms with Crippen molar-refractivity contribution in [2.24, 2.45) is 0 Å². The number of halogens is 3. The van der Waals surface area contributed by atoms with Gasteiger partial charge in [-0.1, -0.05) is 6.92 Å². The van der Waals surface area contributed by atoms with Gasteiger partial charge < -0.3 is 5.32 Å². The van der Waals surface area contributed by atoms with Crippen LogP contribution in [0, 0.1) is 17.5 Å². The minimum atomic E-state index is -1.44. The Kier molecular flexibility index (Phi) is 3.91. The Morgan fingerprint density at radius 2 is 1.67 bits per heavy atom. The number of anilines is 1. The van der Waals surface area contributed by atoms with E-state index in [2.05, 4.69) is 12.2 Å². The minimum absolute atomic E-state index is 0.234. The number of rotatable bonds is 4. The third kappa shape index (κ3) is 2.85. The second-order valence-electron chi connectivity index (χ2n) is 3.83. The van der Waals surface area contributed by atoms with Crippen molar-refractivity contribution in [3.8, 4) is 0 Å². The molecule has 0 fully saturated rings. The van der Waals surface area contributed by atoms with Crippen molar-refractivity contribution in [2.75, 3.05) is 5.32 Å². The molecule has 18 heavy (non-hydrogen) atoms. The molecular formula is C13H12F3NS. The SMILES string of the molecule is CCc1ccc(CNc2cc(F)c(F)c(F)c2)s1. The molecule has 2 rings (SSSR count). The monoisotopic (exact) mass is 271 g/mol. The van der Waals surface area contributed by atoms with Crippen LogP contribution in [0.5, 0.6) is 0 Å². The van der Waals surface area contributed by atoms with Crippen LogP contribution in [0.25, 0.3) is 0 Å². The summed E-state index contributed by atoms with van der Waals surface area (Å²) in [5, 5.41) is 2.87. The third-order valence-electron chi connectivity index (χ3n) is 2.52. The molecule has 0 aliphatic heterocycles. The lowest BCUT2D eigenvalue weighted by Gasteiger charge is -2.06. The maximum absolute atomic E-state index is 13.0. The minimum Gasteiger partial charge on any atom is -0.380 e. The highest BCUT2D eigenvalue weighted by Gasteiger charge is 2.10. The lowest BCUT2D eigenvalue weighted by Crippen LogP contribution is -2.00. The Hall–Kier alpha value is -1.49. The van der Waals surface area contributed by atoms with E-state index in [4.69, 9.17) is 0 Å². The number of nitrogens with one attached hydrogen (secondary N) is 1. The van der Waals surface area contributed by atoms with Gasteiger partial charge in [-0.3, -0.25) is 0 Å². The first-order valence-electron chi connectivity index (χ1n) is 5.56. The Labute approximate surface area is 107 Å². The second kappa shape index (κ2) is 5.44. The number of benzene rings is 1. The summed E-state index contributed by atoms with van der Waals surface area (Å²) in [6.45, 7) is 2.53. The van der Waals surface area contributed by atoms with Gasteiger partial charge in [-0.2, -0.15) is 0 Å². The summed E-state index contributed by atoms with van der Waals surface area (Å²) in [5.74, 6) is -3.80. The molecule has 0 spiro atoms. The molecule has 0 atom stereocenters. The van der Waals surface area contributed by atoms with Crippen molar-refractivity contribution in [2.45, 2.75) is 19.9 Å². The lowest BCUT2D eigenvalue weighted by atomic mass is 10.3. The summed E-state index contributed by atoms with van der Waals surface area (Å²) >= 11 is 1.64. The van der Waals surface area contributed by atoms with Crippen LogP contribution < -0.4 is 5.32 Å². The van der Waals surface area contributed by atoms with Crippen molar-refractivity contribution >= 4 is 17.0 Å². The molecule has 96 valence electrons. The molecule has 0 amide bonds. The summed E-state index contributed by atoms with van der Waals surface area (Å²) in [7, 11) is 0. The van der Waals surface area contributed by atoms with Crippen molar-refractivity contribution in [3.63, 3.8) is 0 Å². The Morgan fingerprint density at radius 3 is 2.22 bits per heavy atom. The van der Waals surface area contributed by atoms with Crippen molar-refractivity contribution in [1.29, 1.82) is 0 Å². The molecule has 0 bridgehead atoms. The van der Waals surface area contributed by atoms with Crippen LogP contribution >= 0.6 is 11.3 Å². The van der Waals surface area contributed by atoms with E-state index in [-0.39, 0.29) is 5.69 Å². The first-order valence-corrected chi connectivity index (χ1v) is 6.37. The maximum Gasteiger partial charge on any atom is 0.194 e. The molecule has 0 aliphatic rings. The molecule has 1 aromatic carbocycles. The van der Waals surface area contributed by atoms with Crippen molar-refractivity contribution in [3.05, 3.63) is 51.5 Å². The number of hydrogen-bond donors (Lipinski definition) is 1. The molecule has 0 radical (unpaired) electrons. The molecule has 1 aromatic heterocycles. The van der Waals surface area contributed by atoms with Gasteiger partial charge in [0.1, 0.15) is 0 Å². The maximum atomic E-state index is 13.0. The summed E-state index contributed by atoms with van der Waals surface area (Å²) in [6, 6.07) is 5.89. The average Bonchev–Trinajstić information content (AvgIpc) is 2.81. The third-order valence-corrected chi connectivity index (χ3v) is 3.75. The van der Waals surface area contributed by atoms with E-state index in [9.17, 15) is 13.2 Å². The zero-order valence-corrected chi connectivity index (χ0v) is 10.6. The quantitative estimate of drug-likeness (QED) is 0.816. The number of aryl methyl sites for hydroxylation is 1. The van der Waals surface area contributed by atoms with Gasteiger partial charge in [0.25, 0.3) is 0 Å². The average molecular weight is 271 g/mol. The van der Waals surface area contributed by atoms with Gasteiger partial charge in [0.15, 0.2) is 17.5 Å². The van der Waals surface area contributed by atoms with Crippen LogP contribution in [0.3, 0.4) is 0 Å². The summed E-state index contributed by atoms with van der Waals surface area (Å²) in [5.41, 5.74) is 0.234. The molecule has 0 saturated carbocycles. The summed E-state index contributed by atoms with van der Waals surface area (Å²) in [4.78, 5) is 2.32. The molecular weight excluding hydrogens is 259 g/mol. The van der Waals surface area contributed by atoms with Crippen LogP contribution in [-0.2, 0) is 13.0 Å². The zero-order valence-electron chi connectivity index (χ0n) is 9.77. The summed E-state index contributed by atoms with van der Waals surface area (Å²) in [6.07, 6.45) is 0.963. The largest absolute Gasteiger partial charge is 0.380 e. The van der Waals surface area contributed by atoms with Crippen LogP contribution in [0.2, 0.25) is 0 Å². The Morgan fingerprint density at radius 1 is 1.06 bits per heavy atom. The van der Waals surface area contributed by atoms with E-state index in [1.807, 2.05) is 12.1 Å². The highest BCUT2D eigenvalue weighted by Crippen LogP contribution is 2.21. The van der Waals surface area contributed by atoms with Crippen LogP contribution in [0.4, 0.5) is 18.9 Å². The Balaban J connectivity index is 2.06. The lowest BCUT2D eigenvalue weighted by molar-refractivity contribution is 0.447. The predicted molar refractivity (Wildman–Crippen MR) is 67.3 cm³/mol. The van der Waals surface area contributed by atoms with Gasteiger partial charge in [-0.15, -0.1) is 11.3 Å². The zero-order chi connectivity index (χ0) is 13.1. The van der Waals surface area contributed by atoms with Crippen molar-refractivity contribution in [1.82, 2.24) is 0 Å². The van der Waals surface area contributed by atoms with Crippen LogP contribution in [0.1, 0.15) is 16.7 Å². The topological polar surface area (TPSA) is 12.0 Å². The van der Waals surface area contributed by atoms with Crippen LogP contribution in [-0.4, -0.2) is 0 Å².